The number of hydrogen-bond acceptors (Lipinski definition) is 4. The highest BCUT2D eigenvalue weighted by Gasteiger charge is 2.15. The van der Waals surface area contributed by atoms with Crippen molar-refractivity contribution in [3.63, 3.8) is 0 Å². The number of likely N-dealkylation sites (N-methyl/N-ethyl adjacent to an activating group) is 1. The van der Waals surface area contributed by atoms with Gasteiger partial charge in [-0.05, 0) is 50.9 Å². The summed E-state index contributed by atoms with van der Waals surface area (Å²) in [5.41, 5.74) is 6.48. The van der Waals surface area contributed by atoms with E-state index in [9.17, 15) is 0 Å². The van der Waals surface area contributed by atoms with Gasteiger partial charge in [0.2, 0.25) is 0 Å². The van der Waals surface area contributed by atoms with E-state index in [1.54, 1.807) is 0 Å². The van der Waals surface area contributed by atoms with Crippen molar-refractivity contribution >= 4 is 11.7 Å². The number of hydrogen-bond donors (Lipinski definition) is 1. The molecule has 0 saturated heterocycles. The molecule has 1 heterocycles. The molecule has 1 N–H and O–H groups in total. The number of benzene rings is 1. The van der Waals surface area contributed by atoms with E-state index in [0.717, 1.165) is 12.1 Å². The molecule has 2 aromatic rings. The highest BCUT2D eigenvalue weighted by Crippen LogP contribution is 2.23. The summed E-state index contributed by atoms with van der Waals surface area (Å²) in [6, 6.07) is 4.73. The van der Waals surface area contributed by atoms with Crippen LogP contribution in [0.3, 0.4) is 0 Å². The lowest BCUT2D eigenvalue weighted by Gasteiger charge is -2.17. The minimum Gasteiger partial charge on any atom is -0.311 e. The van der Waals surface area contributed by atoms with Crippen molar-refractivity contribution in [2.45, 2.75) is 33.2 Å². The molecule has 4 heteroatoms. The third-order valence-corrected chi connectivity index (χ3v) is 3.82. The Morgan fingerprint density at radius 1 is 1.22 bits per heavy atom. The smallest absolute Gasteiger partial charge is 0.0915 e. The van der Waals surface area contributed by atoms with E-state index in [0.29, 0.717) is 0 Å². The summed E-state index contributed by atoms with van der Waals surface area (Å²) in [6.07, 6.45) is 2.81. The fourth-order valence-corrected chi connectivity index (χ4v) is 2.89. The summed E-state index contributed by atoms with van der Waals surface area (Å²) in [4.78, 5) is 0. The Balaban J connectivity index is 2.28. The van der Waals surface area contributed by atoms with Crippen molar-refractivity contribution in [3.05, 3.63) is 46.3 Å². The predicted molar refractivity (Wildman–Crippen MR) is 76.1 cm³/mol. The minimum atomic E-state index is 0.240. The lowest BCUT2D eigenvalue weighted by molar-refractivity contribution is 0.577. The molecule has 0 amide bonds. The van der Waals surface area contributed by atoms with E-state index in [-0.39, 0.29) is 6.04 Å². The Labute approximate surface area is 113 Å². The van der Waals surface area contributed by atoms with Crippen molar-refractivity contribution in [1.29, 1.82) is 0 Å². The highest BCUT2D eigenvalue weighted by molar-refractivity contribution is 6.99. The molecule has 0 aliphatic carbocycles. The van der Waals surface area contributed by atoms with Gasteiger partial charge in [-0.1, -0.05) is 17.7 Å². The number of aryl methyl sites for hydroxylation is 3. The van der Waals surface area contributed by atoms with Crippen LogP contribution in [0.1, 0.15) is 34.0 Å². The molecule has 1 unspecified atom stereocenters. The molecular formula is C14H19N3S. The van der Waals surface area contributed by atoms with E-state index in [4.69, 9.17) is 0 Å². The summed E-state index contributed by atoms with van der Waals surface area (Å²) in [7, 11) is 1.98. The molecule has 0 fully saturated rings. The van der Waals surface area contributed by atoms with Crippen LogP contribution in [0.25, 0.3) is 0 Å². The van der Waals surface area contributed by atoms with Crippen molar-refractivity contribution in [2.75, 3.05) is 7.05 Å². The zero-order chi connectivity index (χ0) is 13.1. The van der Waals surface area contributed by atoms with Crippen LogP contribution >= 0.6 is 11.7 Å². The third-order valence-electron chi connectivity index (χ3n) is 3.33. The van der Waals surface area contributed by atoms with E-state index in [1.807, 2.05) is 13.2 Å². The zero-order valence-corrected chi connectivity index (χ0v) is 12.1. The SMILES string of the molecule is CNC(Cc1c(C)cc(C)cc1C)c1cnsn1. The van der Waals surface area contributed by atoms with E-state index < -0.39 is 0 Å². The topological polar surface area (TPSA) is 37.8 Å². The van der Waals surface area contributed by atoms with Crippen LogP contribution in [0.15, 0.2) is 18.3 Å². The van der Waals surface area contributed by atoms with E-state index >= 15 is 0 Å². The molecular weight excluding hydrogens is 242 g/mol. The number of nitrogens with zero attached hydrogens (tertiary/aromatic N) is 2. The van der Waals surface area contributed by atoms with Gasteiger partial charge in [0.15, 0.2) is 0 Å². The molecule has 18 heavy (non-hydrogen) atoms. The summed E-state index contributed by atoms with van der Waals surface area (Å²) in [5, 5.41) is 3.33. The quantitative estimate of drug-likeness (QED) is 0.919. The van der Waals surface area contributed by atoms with E-state index in [2.05, 4.69) is 47.0 Å². The second-order valence-corrected chi connectivity index (χ2v) is 5.31. The third kappa shape index (κ3) is 2.76. The first kappa shape index (κ1) is 13.2. The first-order chi connectivity index (χ1) is 8.61. The lowest BCUT2D eigenvalue weighted by Crippen LogP contribution is -2.20. The largest absolute Gasteiger partial charge is 0.311 e. The molecule has 3 nitrogen and oxygen atoms in total. The summed E-state index contributed by atoms with van der Waals surface area (Å²) < 4.78 is 8.41. The lowest BCUT2D eigenvalue weighted by atomic mass is 9.93. The fraction of sp³-hybridized carbons (Fsp3) is 0.429. The first-order valence-electron chi connectivity index (χ1n) is 6.13. The Hall–Kier alpha value is -1.26. The van der Waals surface area contributed by atoms with Gasteiger partial charge in [-0.3, -0.25) is 0 Å². The van der Waals surface area contributed by atoms with Gasteiger partial charge in [0.05, 0.1) is 29.7 Å². The molecule has 0 saturated carbocycles. The molecule has 0 aliphatic heterocycles. The van der Waals surface area contributed by atoms with Crippen LogP contribution in [0, 0.1) is 20.8 Å². The standard InChI is InChI=1S/C14H19N3S/c1-9-5-10(2)12(11(3)6-9)7-13(15-4)14-8-16-18-17-14/h5-6,8,13,15H,7H2,1-4H3. The maximum absolute atomic E-state index is 4.33. The van der Waals surface area contributed by atoms with Gasteiger partial charge >= 0.3 is 0 Å². The van der Waals surface area contributed by atoms with Gasteiger partial charge in [0.25, 0.3) is 0 Å². The van der Waals surface area contributed by atoms with Gasteiger partial charge in [0.1, 0.15) is 0 Å². The molecule has 0 bridgehead atoms. The maximum Gasteiger partial charge on any atom is 0.0915 e. The first-order valence-corrected chi connectivity index (χ1v) is 6.86. The molecule has 96 valence electrons. The molecule has 0 aliphatic rings. The minimum absolute atomic E-state index is 0.240. The van der Waals surface area contributed by atoms with Gasteiger partial charge in [0, 0.05) is 0 Å². The maximum atomic E-state index is 4.33. The summed E-state index contributed by atoms with van der Waals surface area (Å²) in [6.45, 7) is 6.51. The van der Waals surface area contributed by atoms with Crippen LogP contribution in [0.5, 0.6) is 0 Å². The molecule has 0 spiro atoms. The van der Waals surface area contributed by atoms with Gasteiger partial charge in [-0.2, -0.15) is 8.75 Å². The van der Waals surface area contributed by atoms with Crippen molar-refractivity contribution in [3.8, 4) is 0 Å². The Morgan fingerprint density at radius 2 is 1.89 bits per heavy atom. The van der Waals surface area contributed by atoms with Crippen molar-refractivity contribution in [1.82, 2.24) is 14.1 Å². The van der Waals surface area contributed by atoms with Crippen LogP contribution in [0.2, 0.25) is 0 Å². The fourth-order valence-electron chi connectivity index (χ4n) is 2.42. The predicted octanol–water partition coefficient (Wildman–Crippen LogP) is 2.97. The van der Waals surface area contributed by atoms with Crippen LogP contribution < -0.4 is 5.32 Å². The Bertz CT molecular complexity index is 497. The molecule has 2 rings (SSSR count). The van der Waals surface area contributed by atoms with Crippen LogP contribution in [-0.2, 0) is 6.42 Å². The average Bonchev–Trinajstić information content (AvgIpc) is 2.81. The normalized spacial score (nSPS) is 12.7. The number of nitrogens with one attached hydrogen (secondary N) is 1. The van der Waals surface area contributed by atoms with Crippen LogP contribution in [0.4, 0.5) is 0 Å². The van der Waals surface area contributed by atoms with Crippen molar-refractivity contribution < 1.29 is 0 Å². The molecule has 1 aromatic carbocycles. The Morgan fingerprint density at radius 3 is 2.39 bits per heavy atom. The number of aromatic nitrogens is 2. The van der Waals surface area contributed by atoms with Crippen LogP contribution in [-0.4, -0.2) is 15.8 Å². The van der Waals surface area contributed by atoms with Gasteiger partial charge in [-0.25, -0.2) is 0 Å². The number of rotatable bonds is 4. The van der Waals surface area contributed by atoms with Gasteiger partial charge in [-0.15, -0.1) is 0 Å². The summed E-state index contributed by atoms with van der Waals surface area (Å²) in [5.74, 6) is 0. The molecule has 1 aromatic heterocycles. The monoisotopic (exact) mass is 261 g/mol. The highest BCUT2D eigenvalue weighted by atomic mass is 32.1. The summed E-state index contributed by atoms with van der Waals surface area (Å²) >= 11 is 1.26. The molecule has 0 radical (unpaired) electrons. The Kier molecular flexibility index (Phi) is 4.09. The van der Waals surface area contributed by atoms with Crippen molar-refractivity contribution in [2.24, 2.45) is 0 Å². The second-order valence-electron chi connectivity index (χ2n) is 4.75. The average molecular weight is 261 g/mol. The van der Waals surface area contributed by atoms with Gasteiger partial charge < -0.3 is 5.32 Å². The zero-order valence-electron chi connectivity index (χ0n) is 11.3. The molecule has 1 atom stereocenters. The second kappa shape index (κ2) is 5.59. The van der Waals surface area contributed by atoms with E-state index in [1.165, 1.54) is 34.0 Å².